The van der Waals surface area contributed by atoms with Gasteiger partial charge in [0.2, 0.25) is 0 Å². The van der Waals surface area contributed by atoms with Gasteiger partial charge in [0.25, 0.3) is 0 Å². The van der Waals surface area contributed by atoms with Crippen molar-refractivity contribution in [2.45, 2.75) is 17.4 Å². The van der Waals surface area contributed by atoms with E-state index in [1.165, 1.54) is 4.90 Å². The molecule has 1 aromatic rings. The normalized spacial score (nSPS) is 12.8. The van der Waals surface area contributed by atoms with Gasteiger partial charge in [-0.2, -0.15) is 0 Å². The van der Waals surface area contributed by atoms with E-state index < -0.39 is 0 Å². The van der Waals surface area contributed by atoms with Gasteiger partial charge >= 0.3 is 0 Å². The fraction of sp³-hybridized carbons (Fsp3) is 0.400. The van der Waals surface area contributed by atoms with Gasteiger partial charge in [-0.1, -0.05) is 12.1 Å². The van der Waals surface area contributed by atoms with Crippen molar-refractivity contribution in [3.05, 3.63) is 29.8 Å². The Morgan fingerprint density at radius 3 is 2.46 bits per heavy atom. The van der Waals surface area contributed by atoms with E-state index in [1.807, 2.05) is 30.5 Å². The summed E-state index contributed by atoms with van der Waals surface area (Å²) in [5.74, 6) is 0. The molecule has 1 nitrogen and oxygen atoms in total. The zero-order valence-corrected chi connectivity index (χ0v) is 8.48. The molecule has 13 heavy (non-hydrogen) atoms. The van der Waals surface area contributed by atoms with E-state index in [0.29, 0.717) is 6.42 Å². The van der Waals surface area contributed by atoms with Crippen molar-refractivity contribution in [2.75, 3.05) is 12.9 Å². The molecule has 0 unspecified atom stereocenters. The summed E-state index contributed by atoms with van der Waals surface area (Å²) in [6.07, 6.45) is 2.43. The molecule has 0 saturated heterocycles. The van der Waals surface area contributed by atoms with Gasteiger partial charge in [0, 0.05) is 10.9 Å². The van der Waals surface area contributed by atoms with Crippen LogP contribution in [0.15, 0.2) is 29.2 Å². The van der Waals surface area contributed by atoms with Gasteiger partial charge in [-0.3, -0.25) is 4.39 Å². The lowest BCUT2D eigenvalue weighted by Crippen LogP contribution is -2.10. The van der Waals surface area contributed by atoms with Crippen LogP contribution in [0.5, 0.6) is 0 Å². The summed E-state index contributed by atoms with van der Waals surface area (Å²) >= 11 is 1.69. The first-order valence-electron chi connectivity index (χ1n) is 4.23. The topological polar surface area (TPSA) is 26.0 Å². The Bertz CT molecular complexity index is 248. The third-order valence-corrected chi connectivity index (χ3v) is 2.71. The van der Waals surface area contributed by atoms with Crippen LogP contribution in [-0.2, 0) is 0 Å². The number of alkyl halides is 1. The van der Waals surface area contributed by atoms with Crippen LogP contribution in [0.3, 0.4) is 0 Å². The molecular formula is C10H14FNS. The number of rotatable bonds is 4. The highest BCUT2D eigenvalue weighted by Crippen LogP contribution is 2.19. The van der Waals surface area contributed by atoms with E-state index in [-0.39, 0.29) is 12.7 Å². The maximum atomic E-state index is 12.0. The monoisotopic (exact) mass is 199 g/mol. The largest absolute Gasteiger partial charge is 0.324 e. The van der Waals surface area contributed by atoms with Crippen LogP contribution in [0.25, 0.3) is 0 Å². The highest BCUT2D eigenvalue weighted by Gasteiger charge is 2.04. The molecule has 0 heterocycles. The molecule has 0 aliphatic carbocycles. The van der Waals surface area contributed by atoms with Crippen molar-refractivity contribution in [3.8, 4) is 0 Å². The van der Waals surface area contributed by atoms with Gasteiger partial charge in [0.1, 0.15) is 0 Å². The van der Waals surface area contributed by atoms with E-state index in [0.717, 1.165) is 5.56 Å². The average molecular weight is 199 g/mol. The molecule has 0 bridgehead atoms. The van der Waals surface area contributed by atoms with Crippen LogP contribution >= 0.6 is 11.8 Å². The minimum Gasteiger partial charge on any atom is -0.324 e. The minimum absolute atomic E-state index is 0.166. The molecule has 2 N–H and O–H groups in total. The number of nitrogens with two attached hydrogens (primary N) is 1. The first kappa shape index (κ1) is 10.5. The second kappa shape index (κ2) is 5.25. The number of thioether (sulfide) groups is 1. The van der Waals surface area contributed by atoms with Gasteiger partial charge in [-0.15, -0.1) is 11.8 Å². The molecule has 0 amide bonds. The van der Waals surface area contributed by atoms with Crippen LogP contribution in [0, 0.1) is 0 Å². The van der Waals surface area contributed by atoms with Crippen molar-refractivity contribution >= 4 is 11.8 Å². The van der Waals surface area contributed by atoms with Gasteiger partial charge in [-0.05, 0) is 30.4 Å². The van der Waals surface area contributed by atoms with Gasteiger partial charge in [-0.25, -0.2) is 0 Å². The Morgan fingerprint density at radius 1 is 1.38 bits per heavy atom. The predicted molar refractivity (Wildman–Crippen MR) is 55.7 cm³/mol. The molecule has 1 aromatic carbocycles. The van der Waals surface area contributed by atoms with Crippen LogP contribution in [-0.4, -0.2) is 12.9 Å². The van der Waals surface area contributed by atoms with Crippen LogP contribution in [0.1, 0.15) is 18.0 Å². The Kier molecular flexibility index (Phi) is 4.25. The summed E-state index contributed by atoms with van der Waals surface area (Å²) in [5.41, 5.74) is 6.76. The van der Waals surface area contributed by atoms with E-state index in [9.17, 15) is 4.39 Å². The van der Waals surface area contributed by atoms with E-state index in [4.69, 9.17) is 5.73 Å². The molecule has 0 aliphatic heterocycles. The van der Waals surface area contributed by atoms with Gasteiger partial charge in [0.05, 0.1) is 6.67 Å². The lowest BCUT2D eigenvalue weighted by Gasteiger charge is -2.09. The lowest BCUT2D eigenvalue weighted by molar-refractivity contribution is 0.442. The third kappa shape index (κ3) is 3.01. The Labute approximate surface area is 82.5 Å². The van der Waals surface area contributed by atoms with Crippen molar-refractivity contribution in [3.63, 3.8) is 0 Å². The first-order valence-corrected chi connectivity index (χ1v) is 5.46. The summed E-state index contributed by atoms with van der Waals surface area (Å²) in [5, 5.41) is 0. The average Bonchev–Trinajstić information content (AvgIpc) is 2.18. The molecule has 0 saturated carbocycles. The maximum Gasteiger partial charge on any atom is 0.0912 e. The van der Waals surface area contributed by atoms with E-state index in [1.54, 1.807) is 11.8 Å². The van der Waals surface area contributed by atoms with Crippen molar-refractivity contribution < 1.29 is 4.39 Å². The molecule has 0 spiro atoms. The number of benzene rings is 1. The van der Waals surface area contributed by atoms with E-state index >= 15 is 0 Å². The Hall–Kier alpha value is -0.540. The smallest absolute Gasteiger partial charge is 0.0912 e. The molecule has 0 aliphatic rings. The second-order valence-corrected chi connectivity index (χ2v) is 3.74. The summed E-state index contributed by atoms with van der Waals surface area (Å²) < 4.78 is 12.0. The van der Waals surface area contributed by atoms with Crippen LogP contribution in [0.2, 0.25) is 0 Å². The summed E-state index contributed by atoms with van der Waals surface area (Å²) in [4.78, 5) is 1.20. The number of hydrogen-bond donors (Lipinski definition) is 1. The van der Waals surface area contributed by atoms with Crippen molar-refractivity contribution in [1.29, 1.82) is 0 Å². The van der Waals surface area contributed by atoms with Crippen molar-refractivity contribution in [1.82, 2.24) is 0 Å². The summed E-state index contributed by atoms with van der Waals surface area (Å²) in [6, 6.07) is 7.79. The summed E-state index contributed by atoms with van der Waals surface area (Å²) in [7, 11) is 0. The molecular weight excluding hydrogens is 185 g/mol. The second-order valence-electron chi connectivity index (χ2n) is 2.86. The molecule has 72 valence electrons. The van der Waals surface area contributed by atoms with Crippen molar-refractivity contribution in [2.24, 2.45) is 5.73 Å². The third-order valence-electron chi connectivity index (χ3n) is 1.96. The summed E-state index contributed by atoms with van der Waals surface area (Å²) in [6.45, 7) is -0.356. The quantitative estimate of drug-likeness (QED) is 0.755. The van der Waals surface area contributed by atoms with E-state index in [2.05, 4.69) is 0 Å². The van der Waals surface area contributed by atoms with Gasteiger partial charge < -0.3 is 5.73 Å². The number of halogens is 1. The SMILES string of the molecule is CSc1ccc([C@@H](N)CCF)cc1. The Balaban J connectivity index is 2.67. The maximum absolute atomic E-state index is 12.0. The Morgan fingerprint density at radius 2 is 2.00 bits per heavy atom. The fourth-order valence-corrected chi connectivity index (χ4v) is 1.54. The number of hydrogen-bond acceptors (Lipinski definition) is 2. The minimum atomic E-state index is -0.356. The standard InChI is InChI=1S/C10H14FNS/c1-13-9-4-2-8(3-5-9)10(12)6-7-11/h2-5,10H,6-7,12H2,1H3/t10-/m0/s1. The molecule has 0 aromatic heterocycles. The lowest BCUT2D eigenvalue weighted by atomic mass is 10.1. The first-order chi connectivity index (χ1) is 6.27. The van der Waals surface area contributed by atoms with Crippen LogP contribution in [0.4, 0.5) is 4.39 Å². The predicted octanol–water partition coefficient (Wildman–Crippen LogP) is 2.77. The molecule has 1 rings (SSSR count). The van der Waals surface area contributed by atoms with Gasteiger partial charge in [0.15, 0.2) is 0 Å². The van der Waals surface area contributed by atoms with Crippen LogP contribution < -0.4 is 5.73 Å². The molecule has 3 heteroatoms. The zero-order valence-electron chi connectivity index (χ0n) is 7.66. The highest BCUT2D eigenvalue weighted by molar-refractivity contribution is 7.98. The molecule has 0 fully saturated rings. The zero-order chi connectivity index (χ0) is 9.68. The molecule has 1 atom stereocenters. The fourth-order valence-electron chi connectivity index (χ4n) is 1.14. The molecule has 0 radical (unpaired) electrons. The highest BCUT2D eigenvalue weighted by atomic mass is 32.2.